The largest absolute Gasteiger partial charge is 0.356 e. The van der Waals surface area contributed by atoms with Gasteiger partial charge in [-0.3, -0.25) is 34.1 Å². The van der Waals surface area contributed by atoms with E-state index in [2.05, 4.69) is 47.4 Å². The van der Waals surface area contributed by atoms with E-state index in [9.17, 15) is 28.8 Å². The molecular weight excluding hydrogens is 846 g/mol. The molecule has 1 spiro atoms. The summed E-state index contributed by atoms with van der Waals surface area (Å²) >= 11 is 12.7. The molecule has 4 aliphatic heterocycles. The first-order valence-corrected chi connectivity index (χ1v) is 23.0. The summed E-state index contributed by atoms with van der Waals surface area (Å²) in [4.78, 5) is 81.2. The first-order valence-electron chi connectivity index (χ1n) is 22.2. The molecular formula is C48H55Cl2FN6O6. The van der Waals surface area contributed by atoms with Gasteiger partial charge in [-0.05, 0) is 110 Å². The van der Waals surface area contributed by atoms with E-state index in [1.54, 1.807) is 41.3 Å². The molecule has 0 bridgehead atoms. The molecule has 5 aliphatic rings. The van der Waals surface area contributed by atoms with Gasteiger partial charge in [-0.25, -0.2) is 4.39 Å². The number of nitrogens with one attached hydrogen (secondary N) is 5. The van der Waals surface area contributed by atoms with Gasteiger partial charge in [0.1, 0.15) is 17.3 Å². The number of nitrogens with zero attached hydrogens (tertiary/aromatic N) is 1. The van der Waals surface area contributed by atoms with E-state index < -0.39 is 41.2 Å². The van der Waals surface area contributed by atoms with Crippen LogP contribution in [0.3, 0.4) is 0 Å². The van der Waals surface area contributed by atoms with Crippen molar-refractivity contribution < 1.29 is 33.2 Å². The second-order valence-corrected chi connectivity index (χ2v) is 19.9. The lowest BCUT2D eigenvalue weighted by atomic mass is 9.62. The molecule has 1 saturated carbocycles. The van der Waals surface area contributed by atoms with Crippen molar-refractivity contribution in [3.8, 4) is 0 Å². The van der Waals surface area contributed by atoms with Crippen LogP contribution in [0, 0.1) is 17.2 Å². The Kier molecular flexibility index (Phi) is 12.8. The molecule has 12 nitrogen and oxygen atoms in total. The third kappa shape index (κ3) is 8.72. The lowest BCUT2D eigenvalue weighted by molar-refractivity contribution is -0.137. The van der Waals surface area contributed by atoms with E-state index in [4.69, 9.17) is 23.2 Å². The fourth-order valence-corrected chi connectivity index (χ4v) is 11.2. The van der Waals surface area contributed by atoms with E-state index in [1.807, 2.05) is 12.1 Å². The Hall–Kier alpha value is -4.85. The number of unbranched alkanes of at least 4 members (excludes halogenated alkanes) is 2. The standard InChI is InChI=1S/C48H55Cl2FN6O6/c1-47(2,3)24-37-48(33-19-16-28(49)23-35(33)54-46(48)63)39(31-12-8-13-34(50)40(31)51)41(55-37)44(61)53-29-17-14-27(15-18-29)42(59)52-22-6-4-5-9-26-10-7-11-30-32(26)25-57(45(30)62)36-20-21-38(58)56-43(36)60/h7-8,10-13,16,19,23,27,29,36-37,39,41,55H,4-6,9,14-15,17-18,20-22,24-25H2,1-3H3,(H,52,59)(H,53,61)(H,54,63)(H,56,58,60)/t27-,29-,36?,37-,39-,41+,48+/m0/s1. The number of carbonyl (C=O) groups is 6. The van der Waals surface area contributed by atoms with E-state index in [0.717, 1.165) is 36.8 Å². The number of aryl methyl sites for hydroxylation is 1. The Bertz CT molecular complexity index is 2350. The van der Waals surface area contributed by atoms with Crippen LogP contribution in [0.4, 0.5) is 10.1 Å². The lowest BCUT2D eigenvalue weighted by Gasteiger charge is -2.38. The number of carbonyl (C=O) groups excluding carboxylic acids is 6. The number of hydrogen-bond acceptors (Lipinski definition) is 7. The van der Waals surface area contributed by atoms with Gasteiger partial charge in [-0.15, -0.1) is 0 Å². The van der Waals surface area contributed by atoms with Gasteiger partial charge in [0, 0.05) is 59.7 Å². The van der Waals surface area contributed by atoms with Gasteiger partial charge < -0.3 is 26.2 Å². The number of benzene rings is 3. The molecule has 3 aromatic rings. The lowest BCUT2D eigenvalue weighted by Crippen LogP contribution is -2.52. The molecule has 1 aliphatic carbocycles. The number of amides is 6. The van der Waals surface area contributed by atoms with Crippen LogP contribution in [0.1, 0.15) is 124 Å². The van der Waals surface area contributed by atoms with Crippen LogP contribution in [-0.2, 0) is 42.4 Å². The Labute approximate surface area is 377 Å². The van der Waals surface area contributed by atoms with Crippen molar-refractivity contribution >= 4 is 64.3 Å². The average Bonchev–Trinajstić information content (AvgIpc) is 3.85. The molecule has 334 valence electrons. The molecule has 8 rings (SSSR count). The molecule has 5 N–H and O–H groups in total. The third-order valence-corrected chi connectivity index (χ3v) is 14.3. The van der Waals surface area contributed by atoms with Crippen molar-refractivity contribution in [2.24, 2.45) is 11.3 Å². The summed E-state index contributed by atoms with van der Waals surface area (Å²) < 4.78 is 16.2. The molecule has 0 aromatic heterocycles. The number of hydrogen-bond donors (Lipinski definition) is 5. The van der Waals surface area contributed by atoms with E-state index >= 15 is 4.39 Å². The van der Waals surface area contributed by atoms with Crippen molar-refractivity contribution in [2.45, 2.75) is 133 Å². The minimum Gasteiger partial charge on any atom is -0.356 e. The van der Waals surface area contributed by atoms with Crippen LogP contribution in [-0.4, -0.2) is 71.1 Å². The summed E-state index contributed by atoms with van der Waals surface area (Å²) in [6.45, 7) is 7.09. The maximum Gasteiger partial charge on any atom is 0.255 e. The van der Waals surface area contributed by atoms with Crippen molar-refractivity contribution in [2.75, 3.05) is 11.9 Å². The van der Waals surface area contributed by atoms with Crippen LogP contribution in [0.5, 0.6) is 0 Å². The normalized spacial score (nSPS) is 26.7. The molecule has 6 amide bonds. The molecule has 3 fully saturated rings. The molecule has 63 heavy (non-hydrogen) atoms. The SMILES string of the molecule is CC(C)(C)C[C@@H]1N[C@@H](C(=O)N[C@H]2CC[C@H](C(=O)NCCCCCc3cccc4c3CN(C3CCC(=O)NC3=O)C4=O)CC2)[C@H](c2cccc(Cl)c2F)[C@]12C(=O)Nc1cc(Cl)ccc12. The zero-order valence-corrected chi connectivity index (χ0v) is 37.4. The molecule has 1 unspecified atom stereocenters. The molecule has 2 saturated heterocycles. The van der Waals surface area contributed by atoms with Crippen LogP contribution >= 0.6 is 23.2 Å². The Morgan fingerprint density at radius 2 is 1.67 bits per heavy atom. The van der Waals surface area contributed by atoms with Gasteiger partial charge in [-0.1, -0.05) is 80.7 Å². The first-order chi connectivity index (χ1) is 30.1. The number of fused-ring (bicyclic) bond motifs is 3. The summed E-state index contributed by atoms with van der Waals surface area (Å²) in [5, 5.41) is 15.6. The van der Waals surface area contributed by atoms with Gasteiger partial charge in [-0.2, -0.15) is 0 Å². The van der Waals surface area contributed by atoms with Crippen LogP contribution in [0.25, 0.3) is 0 Å². The van der Waals surface area contributed by atoms with Crippen molar-refractivity contribution in [3.05, 3.63) is 98.3 Å². The number of piperidine rings is 1. The number of imide groups is 1. The van der Waals surface area contributed by atoms with E-state index in [1.165, 1.54) is 6.07 Å². The number of halogens is 3. The van der Waals surface area contributed by atoms with Crippen LogP contribution < -0.4 is 26.6 Å². The van der Waals surface area contributed by atoms with Gasteiger partial charge >= 0.3 is 0 Å². The summed E-state index contributed by atoms with van der Waals surface area (Å²) in [6, 6.07) is 13.2. The Morgan fingerprint density at radius 3 is 2.41 bits per heavy atom. The maximum absolute atomic E-state index is 16.2. The highest BCUT2D eigenvalue weighted by Gasteiger charge is 2.66. The predicted molar refractivity (Wildman–Crippen MR) is 238 cm³/mol. The monoisotopic (exact) mass is 900 g/mol. The Morgan fingerprint density at radius 1 is 0.905 bits per heavy atom. The maximum atomic E-state index is 16.2. The highest BCUT2D eigenvalue weighted by atomic mass is 35.5. The molecule has 0 radical (unpaired) electrons. The average molecular weight is 902 g/mol. The van der Waals surface area contributed by atoms with Crippen molar-refractivity contribution in [1.82, 2.24) is 26.2 Å². The third-order valence-electron chi connectivity index (χ3n) is 13.8. The van der Waals surface area contributed by atoms with Gasteiger partial charge in [0.05, 0.1) is 11.1 Å². The van der Waals surface area contributed by atoms with E-state index in [0.29, 0.717) is 73.5 Å². The van der Waals surface area contributed by atoms with Gasteiger partial charge in [0.15, 0.2) is 0 Å². The molecule has 4 heterocycles. The topological polar surface area (TPSA) is 166 Å². The van der Waals surface area contributed by atoms with Gasteiger partial charge in [0.2, 0.25) is 29.5 Å². The van der Waals surface area contributed by atoms with E-state index in [-0.39, 0.29) is 63.9 Å². The zero-order chi connectivity index (χ0) is 44.8. The quantitative estimate of drug-likeness (QED) is 0.0981. The molecule has 3 aromatic carbocycles. The minimum atomic E-state index is -1.35. The van der Waals surface area contributed by atoms with Crippen molar-refractivity contribution in [1.29, 1.82) is 0 Å². The summed E-state index contributed by atoms with van der Waals surface area (Å²) in [7, 11) is 0. The number of rotatable bonds is 12. The zero-order valence-electron chi connectivity index (χ0n) is 35.9. The van der Waals surface area contributed by atoms with Crippen LogP contribution in [0.2, 0.25) is 10.0 Å². The fourth-order valence-electron chi connectivity index (χ4n) is 10.8. The minimum absolute atomic E-state index is 0.000331. The fraction of sp³-hybridized carbons (Fsp3) is 0.500. The molecule has 15 heteroatoms. The predicted octanol–water partition coefficient (Wildman–Crippen LogP) is 6.85. The summed E-state index contributed by atoms with van der Waals surface area (Å²) in [5.74, 6) is -3.37. The highest BCUT2D eigenvalue weighted by molar-refractivity contribution is 6.31. The Balaban J connectivity index is 0.852. The second kappa shape index (κ2) is 18.0. The second-order valence-electron chi connectivity index (χ2n) is 19.1. The molecule has 5 atom stereocenters. The van der Waals surface area contributed by atoms with Crippen LogP contribution in [0.15, 0.2) is 54.6 Å². The summed E-state index contributed by atoms with van der Waals surface area (Å²) in [5.41, 5.74) is 2.38. The summed E-state index contributed by atoms with van der Waals surface area (Å²) in [6.07, 6.45) is 6.74. The number of anilines is 1. The first kappa shape index (κ1) is 44.7. The highest BCUT2D eigenvalue weighted by Crippen LogP contribution is 2.57. The smallest absolute Gasteiger partial charge is 0.255 e. The van der Waals surface area contributed by atoms with Gasteiger partial charge in [0.25, 0.3) is 5.91 Å². The van der Waals surface area contributed by atoms with Crippen molar-refractivity contribution in [3.63, 3.8) is 0 Å².